The van der Waals surface area contributed by atoms with Gasteiger partial charge in [0.2, 0.25) is 15.9 Å². The van der Waals surface area contributed by atoms with Crippen molar-refractivity contribution in [1.29, 1.82) is 0 Å². The lowest BCUT2D eigenvalue weighted by atomic mass is 9.92. The van der Waals surface area contributed by atoms with Crippen LogP contribution in [-0.4, -0.2) is 48.6 Å². The van der Waals surface area contributed by atoms with Crippen molar-refractivity contribution in [2.75, 3.05) is 11.3 Å². The highest BCUT2D eigenvalue weighted by Crippen LogP contribution is 2.28. The van der Waals surface area contributed by atoms with Gasteiger partial charge in [-0.2, -0.15) is 0 Å². The van der Waals surface area contributed by atoms with Crippen molar-refractivity contribution in [3.63, 3.8) is 0 Å². The molecule has 0 aliphatic carbocycles. The maximum atomic E-state index is 13.1. The monoisotopic (exact) mass is 589 g/mol. The molecule has 1 aliphatic heterocycles. The number of carbonyl (C=O) groups is 2. The first-order chi connectivity index (χ1) is 18.5. The van der Waals surface area contributed by atoms with Crippen molar-refractivity contribution in [2.45, 2.75) is 37.2 Å². The molecule has 0 radical (unpaired) electrons. The number of nitrogens with one attached hydrogen (secondary N) is 1. The highest BCUT2D eigenvalue weighted by Gasteiger charge is 2.40. The van der Waals surface area contributed by atoms with Gasteiger partial charge in [0.15, 0.2) is 5.78 Å². The van der Waals surface area contributed by atoms with Gasteiger partial charge in [-0.25, -0.2) is 13.4 Å². The van der Waals surface area contributed by atoms with Crippen LogP contribution in [0.4, 0.5) is 5.82 Å². The topological polar surface area (TPSA) is 148 Å². The number of ketones is 1. The SMILES string of the molecule is NC(=O)[C@@H]1CC(C(=O)[C@@H](N)Cc2ccc(Cl)c(Cl)c2)CN1Cc1ccc(NS(=O)(=O)Cc2ccccc2)nc1. The van der Waals surface area contributed by atoms with Gasteiger partial charge in [-0.1, -0.05) is 65.7 Å². The van der Waals surface area contributed by atoms with Crippen LogP contribution < -0.4 is 16.2 Å². The summed E-state index contributed by atoms with van der Waals surface area (Å²) in [6.07, 6.45) is 2.09. The number of aromatic nitrogens is 1. The summed E-state index contributed by atoms with van der Waals surface area (Å²) >= 11 is 12.0. The summed E-state index contributed by atoms with van der Waals surface area (Å²) in [6.45, 7) is 0.621. The molecule has 0 bridgehead atoms. The van der Waals surface area contributed by atoms with E-state index in [0.29, 0.717) is 35.1 Å². The number of hydrogen-bond acceptors (Lipinski definition) is 7. The van der Waals surface area contributed by atoms with Gasteiger partial charge in [0.05, 0.1) is 27.9 Å². The average Bonchev–Trinajstić information content (AvgIpc) is 3.31. The van der Waals surface area contributed by atoms with E-state index >= 15 is 0 Å². The van der Waals surface area contributed by atoms with E-state index in [2.05, 4.69) is 9.71 Å². The highest BCUT2D eigenvalue weighted by molar-refractivity contribution is 7.91. The number of likely N-dealkylation sites (tertiary alicyclic amines) is 1. The maximum Gasteiger partial charge on any atom is 0.238 e. The van der Waals surface area contributed by atoms with Crippen molar-refractivity contribution in [1.82, 2.24) is 9.88 Å². The van der Waals surface area contributed by atoms with E-state index < -0.39 is 33.9 Å². The number of halogens is 2. The Morgan fingerprint density at radius 3 is 2.38 bits per heavy atom. The number of hydrogen-bond donors (Lipinski definition) is 3. The molecule has 3 aromatic rings. The van der Waals surface area contributed by atoms with Gasteiger partial charge >= 0.3 is 0 Å². The van der Waals surface area contributed by atoms with Gasteiger partial charge in [0.25, 0.3) is 0 Å². The number of anilines is 1. The Balaban J connectivity index is 1.37. The van der Waals surface area contributed by atoms with Crippen LogP contribution in [0.3, 0.4) is 0 Å². The average molecular weight is 591 g/mol. The van der Waals surface area contributed by atoms with Crippen LogP contribution in [-0.2, 0) is 38.3 Å². The van der Waals surface area contributed by atoms with Crippen molar-refractivity contribution in [3.05, 3.63) is 93.6 Å². The van der Waals surface area contributed by atoms with Gasteiger partial charge in [-0.15, -0.1) is 0 Å². The van der Waals surface area contributed by atoms with Crippen LogP contribution in [0, 0.1) is 5.92 Å². The molecular formula is C27H29Cl2N5O4S. The molecule has 12 heteroatoms. The van der Waals surface area contributed by atoms with Crippen LogP contribution in [0.2, 0.25) is 10.0 Å². The molecule has 39 heavy (non-hydrogen) atoms. The maximum absolute atomic E-state index is 13.1. The molecule has 0 saturated carbocycles. The number of nitrogens with two attached hydrogens (primary N) is 2. The standard InChI is InChI=1S/C27H29Cl2N5O4S/c28-21-8-6-18(10-22(21)29)11-23(30)26(35)20-12-24(27(31)36)34(15-20)14-19-7-9-25(32-13-19)33-39(37,38)16-17-4-2-1-3-5-17/h1-10,13,20,23-24H,11-12,14-16,30H2,(H2,31,36)(H,32,33)/t20?,23-,24-/m0/s1. The minimum Gasteiger partial charge on any atom is -0.368 e. The fraction of sp³-hybridized carbons (Fsp3) is 0.296. The molecule has 2 heterocycles. The number of nitrogens with zero attached hydrogens (tertiary/aromatic N) is 2. The number of amides is 1. The van der Waals surface area contributed by atoms with E-state index in [9.17, 15) is 18.0 Å². The minimum absolute atomic E-state index is 0.156. The van der Waals surface area contributed by atoms with Gasteiger partial charge in [0, 0.05) is 25.2 Å². The van der Waals surface area contributed by atoms with Crippen molar-refractivity contribution in [2.24, 2.45) is 17.4 Å². The van der Waals surface area contributed by atoms with Crippen LogP contribution >= 0.6 is 23.2 Å². The van der Waals surface area contributed by atoms with E-state index in [0.717, 1.165) is 11.1 Å². The largest absolute Gasteiger partial charge is 0.368 e. The zero-order valence-corrected chi connectivity index (χ0v) is 23.3. The van der Waals surface area contributed by atoms with Gasteiger partial charge in [-0.05, 0) is 47.7 Å². The van der Waals surface area contributed by atoms with Gasteiger partial charge in [0.1, 0.15) is 5.82 Å². The Kier molecular flexibility index (Phi) is 9.24. The minimum atomic E-state index is -3.64. The van der Waals surface area contributed by atoms with Crippen LogP contribution in [0.25, 0.3) is 0 Å². The predicted octanol–water partition coefficient (Wildman–Crippen LogP) is 3.15. The molecule has 2 aromatic carbocycles. The second kappa shape index (κ2) is 12.4. The molecule has 1 aliphatic rings. The number of Topliss-reactive ketones (excluding diaryl/α,β-unsaturated/α-hetero) is 1. The van der Waals surface area contributed by atoms with E-state index in [1.165, 1.54) is 6.20 Å². The Morgan fingerprint density at radius 1 is 1.03 bits per heavy atom. The number of benzene rings is 2. The Bertz CT molecular complexity index is 1440. The molecule has 1 aromatic heterocycles. The fourth-order valence-electron chi connectivity index (χ4n) is 4.71. The molecule has 1 amide bonds. The second-order valence-corrected chi connectivity index (χ2v) is 12.2. The molecule has 1 saturated heterocycles. The van der Waals surface area contributed by atoms with E-state index in [-0.39, 0.29) is 23.8 Å². The highest BCUT2D eigenvalue weighted by atomic mass is 35.5. The number of sulfonamides is 1. The number of pyridine rings is 1. The summed E-state index contributed by atoms with van der Waals surface area (Å²) in [5.41, 5.74) is 14.1. The van der Waals surface area contributed by atoms with Gasteiger partial charge in [-0.3, -0.25) is 19.2 Å². The lowest BCUT2D eigenvalue weighted by molar-refractivity contribution is -0.123. The third-order valence-corrected chi connectivity index (χ3v) is 8.58. The molecular weight excluding hydrogens is 561 g/mol. The molecule has 3 atom stereocenters. The summed E-state index contributed by atoms with van der Waals surface area (Å²) in [4.78, 5) is 31.4. The van der Waals surface area contributed by atoms with Crippen LogP contribution in [0.15, 0.2) is 66.9 Å². The third-order valence-electron chi connectivity index (χ3n) is 6.61. The zero-order chi connectivity index (χ0) is 28.2. The lowest BCUT2D eigenvalue weighted by Gasteiger charge is -2.21. The summed E-state index contributed by atoms with van der Waals surface area (Å²) in [6, 6.07) is 15.8. The summed E-state index contributed by atoms with van der Waals surface area (Å²) in [5, 5.41) is 0.807. The molecule has 206 valence electrons. The number of primary amides is 1. The number of carbonyl (C=O) groups excluding carboxylic acids is 2. The van der Waals surface area contributed by atoms with Crippen LogP contribution in [0.5, 0.6) is 0 Å². The fourth-order valence-corrected chi connectivity index (χ4v) is 6.17. The Hall–Kier alpha value is -3.02. The normalized spacial score (nSPS) is 18.5. The molecule has 5 N–H and O–H groups in total. The van der Waals surface area contributed by atoms with Crippen molar-refractivity contribution >= 4 is 50.7 Å². The van der Waals surface area contributed by atoms with E-state index in [1.807, 2.05) is 11.0 Å². The predicted molar refractivity (Wildman–Crippen MR) is 152 cm³/mol. The summed E-state index contributed by atoms with van der Waals surface area (Å²) < 4.78 is 27.4. The first kappa shape index (κ1) is 29.0. The van der Waals surface area contributed by atoms with Crippen LogP contribution in [0.1, 0.15) is 23.1 Å². The smallest absolute Gasteiger partial charge is 0.238 e. The van der Waals surface area contributed by atoms with Crippen molar-refractivity contribution < 1.29 is 18.0 Å². The summed E-state index contributed by atoms with van der Waals surface area (Å²) in [7, 11) is -3.64. The Morgan fingerprint density at radius 2 is 1.74 bits per heavy atom. The second-order valence-electron chi connectivity index (χ2n) is 9.64. The molecule has 1 fully saturated rings. The first-order valence-electron chi connectivity index (χ1n) is 12.3. The van der Waals surface area contributed by atoms with E-state index in [4.69, 9.17) is 34.7 Å². The Labute approximate surface area is 237 Å². The van der Waals surface area contributed by atoms with Gasteiger partial charge < -0.3 is 11.5 Å². The molecule has 0 spiro atoms. The zero-order valence-electron chi connectivity index (χ0n) is 21.0. The summed E-state index contributed by atoms with van der Waals surface area (Å²) in [5.74, 6) is -1.13. The lowest BCUT2D eigenvalue weighted by Crippen LogP contribution is -2.39. The third kappa shape index (κ3) is 7.77. The first-order valence-corrected chi connectivity index (χ1v) is 14.7. The van der Waals surface area contributed by atoms with Crippen molar-refractivity contribution in [3.8, 4) is 0 Å². The number of rotatable bonds is 11. The molecule has 1 unspecified atom stereocenters. The molecule has 9 nitrogen and oxygen atoms in total. The molecule has 4 rings (SSSR count). The quantitative estimate of drug-likeness (QED) is 0.311. The van der Waals surface area contributed by atoms with E-state index in [1.54, 1.807) is 54.6 Å².